The number of allylic oxidation sites excluding steroid dienone is 2. The van der Waals surface area contributed by atoms with Crippen molar-refractivity contribution in [2.75, 3.05) is 5.32 Å². The Hall–Kier alpha value is -1.97. The van der Waals surface area contributed by atoms with Gasteiger partial charge in [-0.2, -0.15) is 0 Å². The first-order valence-corrected chi connectivity index (χ1v) is 8.55. The van der Waals surface area contributed by atoms with Crippen LogP contribution < -0.4 is 5.32 Å². The van der Waals surface area contributed by atoms with Gasteiger partial charge in [0.25, 0.3) is 0 Å². The Morgan fingerprint density at radius 2 is 2.04 bits per heavy atom. The van der Waals surface area contributed by atoms with Crippen molar-refractivity contribution in [1.82, 2.24) is 0 Å². The highest BCUT2D eigenvalue weighted by molar-refractivity contribution is 6.34. The van der Waals surface area contributed by atoms with E-state index in [1.165, 1.54) is 6.07 Å². The van der Waals surface area contributed by atoms with Crippen LogP contribution in [0.4, 0.5) is 5.69 Å². The molecule has 2 N–H and O–H groups in total. The molecule has 4 rings (SSSR count). The molecule has 3 atom stereocenters. The molecule has 24 heavy (non-hydrogen) atoms. The fourth-order valence-corrected chi connectivity index (χ4v) is 4.29. The van der Waals surface area contributed by atoms with Gasteiger partial charge in [-0.3, -0.25) is 0 Å². The summed E-state index contributed by atoms with van der Waals surface area (Å²) in [6.45, 7) is 0. The molecule has 0 bridgehead atoms. The molecule has 1 heterocycles. The van der Waals surface area contributed by atoms with Crippen LogP contribution in [0.25, 0.3) is 0 Å². The van der Waals surface area contributed by atoms with Gasteiger partial charge in [0, 0.05) is 10.9 Å². The topological polar surface area (TPSA) is 49.3 Å². The van der Waals surface area contributed by atoms with E-state index < -0.39 is 5.97 Å². The molecule has 0 aromatic heterocycles. The Bertz CT molecular complexity index is 862. The second kappa shape index (κ2) is 5.83. The van der Waals surface area contributed by atoms with Crippen molar-refractivity contribution in [2.24, 2.45) is 5.92 Å². The van der Waals surface area contributed by atoms with Crippen LogP contribution in [0, 0.1) is 5.92 Å². The van der Waals surface area contributed by atoms with Gasteiger partial charge in [-0.15, -0.1) is 0 Å². The van der Waals surface area contributed by atoms with Crippen molar-refractivity contribution >= 4 is 34.9 Å². The van der Waals surface area contributed by atoms with Crippen molar-refractivity contribution in [2.45, 2.75) is 18.4 Å². The van der Waals surface area contributed by atoms with Gasteiger partial charge in [-0.1, -0.05) is 47.5 Å². The summed E-state index contributed by atoms with van der Waals surface area (Å²) < 4.78 is 0. The summed E-state index contributed by atoms with van der Waals surface area (Å²) in [5, 5.41) is 14.0. The third-order valence-corrected chi connectivity index (χ3v) is 5.41. The maximum absolute atomic E-state index is 11.3. The van der Waals surface area contributed by atoms with Gasteiger partial charge in [-0.05, 0) is 47.7 Å². The molecule has 2 aromatic rings. The molecule has 2 aromatic carbocycles. The number of fused-ring (bicyclic) bond motifs is 3. The van der Waals surface area contributed by atoms with Crippen molar-refractivity contribution in [1.29, 1.82) is 0 Å². The van der Waals surface area contributed by atoms with E-state index in [-0.39, 0.29) is 17.5 Å². The van der Waals surface area contributed by atoms with E-state index in [9.17, 15) is 9.90 Å². The van der Waals surface area contributed by atoms with Crippen LogP contribution in [0.15, 0.2) is 48.6 Å². The van der Waals surface area contributed by atoms with Gasteiger partial charge < -0.3 is 10.4 Å². The van der Waals surface area contributed by atoms with E-state index in [0.717, 1.165) is 23.2 Å². The van der Waals surface area contributed by atoms with E-state index in [4.69, 9.17) is 23.2 Å². The molecule has 0 saturated heterocycles. The highest BCUT2D eigenvalue weighted by Crippen LogP contribution is 2.51. The van der Waals surface area contributed by atoms with Gasteiger partial charge in [0.2, 0.25) is 0 Å². The maximum atomic E-state index is 11.3. The predicted octanol–water partition coefficient (Wildman–Crippen LogP) is 5.52. The first-order valence-electron chi connectivity index (χ1n) is 7.80. The van der Waals surface area contributed by atoms with Crippen molar-refractivity contribution < 1.29 is 9.90 Å². The van der Waals surface area contributed by atoms with Gasteiger partial charge in [0.05, 0.1) is 22.3 Å². The monoisotopic (exact) mass is 359 g/mol. The van der Waals surface area contributed by atoms with E-state index in [0.29, 0.717) is 16.0 Å². The number of carbonyl (C=O) groups is 1. The second-order valence-electron chi connectivity index (χ2n) is 6.26. The molecule has 2 aliphatic rings. The average molecular weight is 360 g/mol. The lowest BCUT2D eigenvalue weighted by Crippen LogP contribution is -2.29. The minimum absolute atomic E-state index is 0.0874. The molecule has 0 amide bonds. The number of hydrogen-bond acceptors (Lipinski definition) is 2. The molecular formula is C19H15Cl2NO2. The van der Waals surface area contributed by atoms with Crippen LogP contribution in [-0.2, 0) is 0 Å². The Kier molecular flexibility index (Phi) is 3.78. The third-order valence-electron chi connectivity index (χ3n) is 4.88. The second-order valence-corrected chi connectivity index (χ2v) is 7.10. The number of rotatable bonds is 2. The van der Waals surface area contributed by atoms with Crippen molar-refractivity contribution in [3.05, 3.63) is 75.3 Å². The van der Waals surface area contributed by atoms with Crippen LogP contribution in [0.1, 0.15) is 39.9 Å². The normalized spacial score (nSPS) is 24.2. The summed E-state index contributed by atoms with van der Waals surface area (Å²) in [6, 6.07) is 11.2. The van der Waals surface area contributed by atoms with E-state index in [1.54, 1.807) is 6.07 Å². The summed E-state index contributed by atoms with van der Waals surface area (Å²) in [7, 11) is 0. The van der Waals surface area contributed by atoms with Gasteiger partial charge in [-0.25, -0.2) is 4.79 Å². The first kappa shape index (κ1) is 15.6. The highest BCUT2D eigenvalue weighted by atomic mass is 35.5. The molecule has 122 valence electrons. The lowest BCUT2D eigenvalue weighted by atomic mass is 9.76. The first-order chi connectivity index (χ1) is 11.5. The van der Waals surface area contributed by atoms with Gasteiger partial charge in [0.15, 0.2) is 0 Å². The molecule has 0 unspecified atom stereocenters. The van der Waals surface area contributed by atoms with Crippen molar-refractivity contribution in [3.63, 3.8) is 0 Å². The molecule has 0 fully saturated rings. The molecule has 5 heteroatoms. The van der Waals surface area contributed by atoms with E-state index >= 15 is 0 Å². The zero-order chi connectivity index (χ0) is 16.8. The molecule has 1 aliphatic heterocycles. The molecule has 1 aliphatic carbocycles. The number of anilines is 1. The number of aromatic carboxylic acids is 1. The average Bonchev–Trinajstić information content (AvgIpc) is 3.04. The summed E-state index contributed by atoms with van der Waals surface area (Å²) in [5.41, 5.74) is 3.11. The Morgan fingerprint density at radius 1 is 1.21 bits per heavy atom. The summed E-state index contributed by atoms with van der Waals surface area (Å²) in [5.74, 6) is -0.492. The number of hydrogen-bond donors (Lipinski definition) is 2. The molecule has 0 saturated carbocycles. The van der Waals surface area contributed by atoms with Crippen LogP contribution >= 0.6 is 23.2 Å². The molecule has 0 radical (unpaired) electrons. The number of halogens is 2. The zero-order valence-electron chi connectivity index (χ0n) is 12.7. The predicted molar refractivity (Wildman–Crippen MR) is 96.2 cm³/mol. The fraction of sp³-hybridized carbons (Fsp3) is 0.211. The smallest absolute Gasteiger partial charge is 0.335 e. The minimum atomic E-state index is -0.963. The van der Waals surface area contributed by atoms with Crippen LogP contribution in [0.5, 0.6) is 0 Å². The number of nitrogens with one attached hydrogen (secondary N) is 1. The van der Waals surface area contributed by atoms with Crippen LogP contribution in [0.2, 0.25) is 10.0 Å². The van der Waals surface area contributed by atoms with E-state index in [1.807, 2.05) is 18.2 Å². The summed E-state index contributed by atoms with van der Waals surface area (Å²) in [4.78, 5) is 11.3. The van der Waals surface area contributed by atoms with Crippen molar-refractivity contribution in [3.8, 4) is 0 Å². The Morgan fingerprint density at radius 3 is 2.79 bits per heavy atom. The maximum Gasteiger partial charge on any atom is 0.335 e. The zero-order valence-corrected chi connectivity index (χ0v) is 14.2. The highest BCUT2D eigenvalue weighted by Gasteiger charge is 2.39. The number of carboxylic acids is 1. The van der Waals surface area contributed by atoms with Gasteiger partial charge >= 0.3 is 5.97 Å². The quantitative estimate of drug-likeness (QED) is 0.694. The summed E-state index contributed by atoms with van der Waals surface area (Å²) >= 11 is 12.5. The molecular weight excluding hydrogens is 345 g/mol. The lowest BCUT2D eigenvalue weighted by molar-refractivity contribution is 0.0696. The van der Waals surface area contributed by atoms with Gasteiger partial charge in [0.1, 0.15) is 0 Å². The summed E-state index contributed by atoms with van der Waals surface area (Å²) in [6.07, 6.45) is 5.25. The minimum Gasteiger partial charge on any atom is -0.478 e. The number of benzene rings is 2. The largest absolute Gasteiger partial charge is 0.478 e. The third kappa shape index (κ3) is 2.48. The molecule has 0 spiro atoms. The molecule has 3 nitrogen and oxygen atoms in total. The Balaban J connectivity index is 1.83. The SMILES string of the molecule is O=C(O)c1cc(Cl)c2c(c1)[C@@H]1C=CC[C@H]1[C@@H](c1cccc(Cl)c1)N2. The fourth-order valence-electron chi connectivity index (χ4n) is 3.81. The van der Waals surface area contributed by atoms with E-state index in [2.05, 4.69) is 23.5 Å². The lowest BCUT2D eigenvalue weighted by Gasteiger charge is -2.38. The number of carboxylic acid groups (broad SMARTS) is 1. The standard InChI is InChI=1S/C19H15Cl2NO2/c20-12-4-1-3-10(7-12)17-14-6-2-5-13(14)15-8-11(19(23)24)9-16(21)18(15)22-17/h1-5,7-9,13-14,17,22H,6H2,(H,23,24)/t13-,14-,17-/m1/s1. The van der Waals surface area contributed by atoms with Crippen LogP contribution in [0.3, 0.4) is 0 Å². The Labute approximate surface area is 149 Å². The van der Waals surface area contributed by atoms with Crippen LogP contribution in [-0.4, -0.2) is 11.1 Å².